The Morgan fingerprint density at radius 2 is 1.93 bits per heavy atom. The topological polar surface area (TPSA) is 104 Å². The van der Waals surface area contributed by atoms with Gasteiger partial charge in [-0.15, -0.1) is 0 Å². The van der Waals surface area contributed by atoms with Gasteiger partial charge in [-0.05, 0) is 49.5 Å². The van der Waals surface area contributed by atoms with Gasteiger partial charge >= 0.3 is 11.9 Å². The Hall–Kier alpha value is -3.16. The number of hydrogen-bond donors (Lipinski definition) is 1. The maximum atomic E-state index is 13.4. The first-order valence-corrected chi connectivity index (χ1v) is 7.85. The molecule has 1 aromatic carbocycles. The Bertz CT molecular complexity index is 1200. The zero-order valence-electron chi connectivity index (χ0n) is 21.7. The highest BCUT2D eigenvalue weighted by Crippen LogP contribution is 2.41. The highest BCUT2D eigenvalue weighted by atomic mass is 16.6. The average molecular weight is 378 g/mol. The van der Waals surface area contributed by atoms with E-state index >= 15 is 0 Å². The molecule has 0 amide bonds. The van der Waals surface area contributed by atoms with Crippen LogP contribution in [0.1, 0.15) is 48.6 Å². The monoisotopic (exact) mass is 378 g/mol. The van der Waals surface area contributed by atoms with Gasteiger partial charge in [0.2, 0.25) is 0 Å². The zero-order valence-corrected chi connectivity index (χ0v) is 14.7. The van der Waals surface area contributed by atoms with E-state index in [1.165, 1.54) is 6.92 Å². The molecule has 2 heterocycles. The number of carbonyl (C=O) groups excluding carboxylic acids is 2. The van der Waals surface area contributed by atoms with E-state index in [9.17, 15) is 9.59 Å². The average Bonchev–Trinajstić information content (AvgIpc) is 3.19. The third-order valence-corrected chi connectivity index (χ3v) is 4.21. The highest BCUT2D eigenvalue weighted by Gasteiger charge is 2.39. The van der Waals surface area contributed by atoms with Gasteiger partial charge in [-0.1, -0.05) is 12.1 Å². The Morgan fingerprint density at radius 1 is 1.22 bits per heavy atom. The van der Waals surface area contributed by atoms with Crippen LogP contribution in [0.15, 0.2) is 45.4 Å². The van der Waals surface area contributed by atoms with Gasteiger partial charge in [-0.3, -0.25) is 0 Å². The molecule has 1 aliphatic heterocycles. The molecule has 2 aromatic rings. The summed E-state index contributed by atoms with van der Waals surface area (Å²) in [5, 5.41) is 10.4. The SMILES string of the molecule is [2H]C([2H])([2H])C([2H])(OC(=O)C1=C(C)NC(C)=C(C(=O)OC)C1c1cccc2nonc12)C([2H])([2H])[2H]. The summed E-state index contributed by atoms with van der Waals surface area (Å²) in [6.45, 7) is -4.00. The number of methoxy groups -OCH3 is 1. The predicted octanol–water partition coefficient (Wildman–Crippen LogP) is 2.58. The lowest BCUT2D eigenvalue weighted by Gasteiger charge is -2.30. The standard InChI is InChI=1S/C19H21N3O5/c1-9(2)26-19(24)15-11(4)20-10(3)14(18(23)25-5)16(15)12-7-6-8-13-17(12)22-27-21-13/h6-9,16,20H,1-5H3/i1D3,2D3,9D. The lowest BCUT2D eigenvalue weighted by molar-refractivity contribution is -0.143. The second kappa shape index (κ2) is 7.22. The summed E-state index contributed by atoms with van der Waals surface area (Å²) in [5.74, 6) is -3.46. The Morgan fingerprint density at radius 3 is 2.59 bits per heavy atom. The van der Waals surface area contributed by atoms with E-state index in [4.69, 9.17) is 23.7 Å². The van der Waals surface area contributed by atoms with Crippen LogP contribution >= 0.6 is 0 Å². The molecule has 0 aliphatic carbocycles. The largest absolute Gasteiger partial charge is 0.466 e. The first kappa shape index (κ1) is 11.5. The molecule has 27 heavy (non-hydrogen) atoms. The van der Waals surface area contributed by atoms with Crippen LogP contribution in [0.3, 0.4) is 0 Å². The van der Waals surface area contributed by atoms with Gasteiger partial charge in [0, 0.05) is 19.6 Å². The second-order valence-electron chi connectivity index (χ2n) is 5.82. The number of benzene rings is 1. The normalized spacial score (nSPS) is 22.5. The number of dihydropyridines is 1. The molecule has 0 radical (unpaired) electrons. The first-order chi connectivity index (χ1) is 15.6. The molecule has 0 fully saturated rings. The van der Waals surface area contributed by atoms with Crippen molar-refractivity contribution >= 4 is 23.0 Å². The number of allylic oxidation sites excluding steroid dienone is 2. The molecule has 0 saturated heterocycles. The molecule has 1 atom stereocenters. The van der Waals surface area contributed by atoms with E-state index in [1.54, 1.807) is 25.1 Å². The molecule has 1 N–H and O–H groups in total. The summed E-state index contributed by atoms with van der Waals surface area (Å²) in [5.41, 5.74) is 0.911. The van der Waals surface area contributed by atoms with Gasteiger partial charge in [-0.2, -0.15) is 0 Å². The van der Waals surface area contributed by atoms with Crippen molar-refractivity contribution in [3.63, 3.8) is 0 Å². The smallest absolute Gasteiger partial charge is 0.337 e. The number of nitrogens with one attached hydrogen (secondary N) is 1. The number of rotatable bonds is 4. The minimum Gasteiger partial charge on any atom is -0.466 e. The summed E-state index contributed by atoms with van der Waals surface area (Å²) in [7, 11) is 1.14. The van der Waals surface area contributed by atoms with Crippen LogP contribution in [0.4, 0.5) is 0 Å². The van der Waals surface area contributed by atoms with Crippen molar-refractivity contribution in [3.8, 4) is 0 Å². The summed E-state index contributed by atoms with van der Waals surface area (Å²) in [4.78, 5) is 26.1. The summed E-state index contributed by atoms with van der Waals surface area (Å²) in [6.07, 6.45) is -3.57. The predicted molar refractivity (Wildman–Crippen MR) is 96.3 cm³/mol. The number of carbonyl (C=O) groups is 2. The van der Waals surface area contributed by atoms with Crippen LogP contribution in [0.25, 0.3) is 11.0 Å². The van der Waals surface area contributed by atoms with Crippen molar-refractivity contribution in [2.75, 3.05) is 7.11 Å². The van der Waals surface area contributed by atoms with Gasteiger partial charge in [0.15, 0.2) is 0 Å². The minimum absolute atomic E-state index is 0.0334. The number of ether oxygens (including phenoxy) is 2. The molecule has 1 aliphatic rings. The first-order valence-electron chi connectivity index (χ1n) is 11.4. The number of aromatic nitrogens is 2. The Labute approximate surface area is 166 Å². The van der Waals surface area contributed by atoms with E-state index < -0.39 is 37.6 Å². The Balaban J connectivity index is 2.23. The summed E-state index contributed by atoms with van der Waals surface area (Å²) in [6, 6.07) is 4.70. The molecule has 8 heteroatoms. The maximum absolute atomic E-state index is 13.4. The molecular formula is C19H21N3O5. The van der Waals surface area contributed by atoms with Crippen molar-refractivity contribution < 1.29 is 33.3 Å². The third-order valence-electron chi connectivity index (χ3n) is 4.21. The van der Waals surface area contributed by atoms with E-state index in [-0.39, 0.29) is 27.9 Å². The van der Waals surface area contributed by atoms with Crippen LogP contribution in [0.2, 0.25) is 0 Å². The molecule has 0 spiro atoms. The number of esters is 2. The fraction of sp³-hybridized carbons (Fsp3) is 0.368. The molecular weight excluding hydrogens is 350 g/mol. The highest BCUT2D eigenvalue weighted by molar-refractivity contribution is 6.01. The second-order valence-corrected chi connectivity index (χ2v) is 5.82. The van der Waals surface area contributed by atoms with Gasteiger partial charge in [0.1, 0.15) is 11.0 Å². The molecule has 0 saturated carbocycles. The lowest BCUT2D eigenvalue weighted by atomic mass is 9.80. The van der Waals surface area contributed by atoms with E-state index in [0.29, 0.717) is 11.2 Å². The van der Waals surface area contributed by atoms with Crippen LogP contribution < -0.4 is 5.32 Å². The number of nitrogens with zero attached hydrogens (tertiary/aromatic N) is 2. The lowest BCUT2D eigenvalue weighted by Crippen LogP contribution is -2.33. The van der Waals surface area contributed by atoms with Gasteiger partial charge < -0.3 is 14.8 Å². The zero-order chi connectivity index (χ0) is 25.6. The van der Waals surface area contributed by atoms with Crippen molar-refractivity contribution in [3.05, 3.63) is 46.3 Å². The van der Waals surface area contributed by atoms with Crippen LogP contribution in [-0.2, 0) is 19.1 Å². The van der Waals surface area contributed by atoms with Crippen LogP contribution in [0.5, 0.6) is 0 Å². The van der Waals surface area contributed by atoms with Gasteiger partial charge in [-0.25, -0.2) is 14.2 Å². The van der Waals surface area contributed by atoms with Crippen molar-refractivity contribution in [1.82, 2.24) is 15.6 Å². The van der Waals surface area contributed by atoms with E-state index in [2.05, 4.69) is 15.6 Å². The van der Waals surface area contributed by atoms with Crippen molar-refractivity contribution in [2.24, 2.45) is 0 Å². The molecule has 0 bridgehead atoms. The van der Waals surface area contributed by atoms with Crippen LogP contribution in [-0.4, -0.2) is 35.4 Å². The molecule has 8 nitrogen and oxygen atoms in total. The van der Waals surface area contributed by atoms with E-state index in [1.807, 2.05) is 0 Å². The van der Waals surface area contributed by atoms with E-state index in [0.717, 1.165) is 7.11 Å². The molecule has 142 valence electrons. The van der Waals surface area contributed by atoms with Crippen molar-refractivity contribution in [2.45, 2.75) is 39.5 Å². The quantitative estimate of drug-likeness (QED) is 0.810. The third kappa shape index (κ3) is 3.30. The van der Waals surface area contributed by atoms with Gasteiger partial charge in [0.25, 0.3) is 0 Å². The molecule has 1 unspecified atom stereocenters. The number of hydrogen-bond acceptors (Lipinski definition) is 8. The fourth-order valence-corrected chi connectivity index (χ4v) is 3.16. The Kier molecular flexibility index (Phi) is 3.08. The summed E-state index contributed by atoms with van der Waals surface area (Å²) >= 11 is 0. The summed E-state index contributed by atoms with van der Waals surface area (Å²) < 4.78 is 67.8. The van der Waals surface area contributed by atoms with Crippen LogP contribution in [0, 0.1) is 0 Å². The minimum atomic E-state index is -3.57. The fourth-order valence-electron chi connectivity index (χ4n) is 3.16. The maximum Gasteiger partial charge on any atom is 0.337 e. The van der Waals surface area contributed by atoms with Gasteiger partial charge in [0.05, 0.1) is 31.6 Å². The molecule has 3 rings (SSSR count). The van der Waals surface area contributed by atoms with Crippen molar-refractivity contribution in [1.29, 1.82) is 0 Å². The molecule has 1 aromatic heterocycles. The number of fused-ring (bicyclic) bond motifs is 1.